The van der Waals surface area contributed by atoms with E-state index < -0.39 is 0 Å². The molecule has 0 bridgehead atoms. The van der Waals surface area contributed by atoms with Crippen LogP contribution in [0.2, 0.25) is 5.02 Å². The molecular formula is C18H13ClN4OS2. The van der Waals surface area contributed by atoms with Crippen LogP contribution in [0.3, 0.4) is 0 Å². The van der Waals surface area contributed by atoms with E-state index in [1.807, 2.05) is 24.3 Å². The maximum absolute atomic E-state index is 5.92. The molecule has 0 saturated heterocycles. The first-order chi connectivity index (χ1) is 12.8. The molecule has 0 saturated carbocycles. The van der Waals surface area contributed by atoms with Crippen LogP contribution in [0.1, 0.15) is 22.8 Å². The number of thiophene rings is 1. The molecule has 0 radical (unpaired) electrons. The largest absolute Gasteiger partial charge is 0.338 e. The van der Waals surface area contributed by atoms with Crippen molar-refractivity contribution in [3.63, 3.8) is 0 Å². The maximum atomic E-state index is 5.92. The zero-order chi connectivity index (χ0) is 17.5. The van der Waals surface area contributed by atoms with Crippen LogP contribution >= 0.6 is 34.7 Å². The minimum Gasteiger partial charge on any atom is -0.338 e. The molecule has 0 fully saturated rings. The number of benzene rings is 1. The molecule has 0 spiro atoms. The van der Waals surface area contributed by atoms with Gasteiger partial charge in [-0.15, -0.1) is 11.3 Å². The van der Waals surface area contributed by atoms with Crippen molar-refractivity contribution in [1.82, 2.24) is 20.1 Å². The van der Waals surface area contributed by atoms with Crippen molar-refractivity contribution in [2.24, 2.45) is 0 Å². The van der Waals surface area contributed by atoms with Crippen molar-refractivity contribution in [3.05, 3.63) is 51.9 Å². The van der Waals surface area contributed by atoms with E-state index in [9.17, 15) is 0 Å². The summed E-state index contributed by atoms with van der Waals surface area (Å²) in [7, 11) is 0. The van der Waals surface area contributed by atoms with Gasteiger partial charge in [-0.25, -0.2) is 9.97 Å². The Balaban J connectivity index is 1.39. The molecular weight excluding hydrogens is 388 g/mol. The van der Waals surface area contributed by atoms with Gasteiger partial charge in [0.05, 0.1) is 5.75 Å². The van der Waals surface area contributed by atoms with Gasteiger partial charge in [0.1, 0.15) is 16.2 Å². The molecule has 130 valence electrons. The van der Waals surface area contributed by atoms with Gasteiger partial charge in [-0.2, -0.15) is 4.98 Å². The third kappa shape index (κ3) is 2.90. The normalized spacial score (nSPS) is 13.4. The molecule has 1 aromatic carbocycles. The van der Waals surface area contributed by atoms with Crippen LogP contribution in [0.4, 0.5) is 0 Å². The number of nitrogens with zero attached hydrogens (tertiary/aromatic N) is 4. The Kier molecular flexibility index (Phi) is 4.15. The molecule has 0 amide bonds. The SMILES string of the molecule is Clc1ccc(-c2noc(CSc3ncnc4sc5c(c34)CCC5)n2)cc1. The molecule has 4 aromatic rings. The number of hydrogen-bond acceptors (Lipinski definition) is 7. The predicted molar refractivity (Wildman–Crippen MR) is 104 cm³/mol. The van der Waals surface area contributed by atoms with Crippen LogP contribution in [-0.4, -0.2) is 20.1 Å². The van der Waals surface area contributed by atoms with E-state index in [1.54, 1.807) is 29.4 Å². The van der Waals surface area contributed by atoms with Gasteiger partial charge in [-0.3, -0.25) is 0 Å². The van der Waals surface area contributed by atoms with Crippen LogP contribution in [0.25, 0.3) is 21.6 Å². The number of hydrogen-bond donors (Lipinski definition) is 0. The lowest BCUT2D eigenvalue weighted by atomic mass is 10.2. The van der Waals surface area contributed by atoms with Gasteiger partial charge in [0.2, 0.25) is 11.7 Å². The number of aryl methyl sites for hydroxylation is 2. The average Bonchev–Trinajstić information content (AvgIpc) is 3.36. The van der Waals surface area contributed by atoms with Crippen LogP contribution in [0.15, 0.2) is 40.1 Å². The summed E-state index contributed by atoms with van der Waals surface area (Å²) in [5.41, 5.74) is 2.31. The van der Waals surface area contributed by atoms with Crippen molar-refractivity contribution in [2.45, 2.75) is 30.0 Å². The van der Waals surface area contributed by atoms with Crippen molar-refractivity contribution in [2.75, 3.05) is 0 Å². The Morgan fingerprint density at radius 2 is 2.04 bits per heavy atom. The second-order valence-corrected chi connectivity index (χ2v) is 8.51. The zero-order valence-electron chi connectivity index (χ0n) is 13.6. The average molecular weight is 401 g/mol. The zero-order valence-corrected chi connectivity index (χ0v) is 16.0. The van der Waals surface area contributed by atoms with Gasteiger partial charge < -0.3 is 4.52 Å². The highest BCUT2D eigenvalue weighted by Crippen LogP contribution is 2.40. The van der Waals surface area contributed by atoms with E-state index in [2.05, 4.69) is 20.1 Å². The van der Waals surface area contributed by atoms with Crippen molar-refractivity contribution < 1.29 is 4.52 Å². The maximum Gasteiger partial charge on any atom is 0.237 e. The predicted octanol–water partition coefficient (Wildman–Crippen LogP) is 5.18. The van der Waals surface area contributed by atoms with Crippen molar-refractivity contribution >= 4 is 44.9 Å². The van der Waals surface area contributed by atoms with Gasteiger partial charge in [0.25, 0.3) is 0 Å². The molecule has 5 rings (SSSR count). The summed E-state index contributed by atoms with van der Waals surface area (Å²) >= 11 is 9.34. The first kappa shape index (κ1) is 16.2. The Labute approximate surface area is 162 Å². The molecule has 0 aliphatic heterocycles. The van der Waals surface area contributed by atoms with Gasteiger partial charge in [0, 0.05) is 20.8 Å². The van der Waals surface area contributed by atoms with Crippen LogP contribution in [0.5, 0.6) is 0 Å². The van der Waals surface area contributed by atoms with Gasteiger partial charge in [-0.1, -0.05) is 28.5 Å². The van der Waals surface area contributed by atoms with Gasteiger partial charge >= 0.3 is 0 Å². The number of thioether (sulfide) groups is 1. The summed E-state index contributed by atoms with van der Waals surface area (Å²) in [5.74, 6) is 1.73. The molecule has 0 atom stereocenters. The first-order valence-corrected chi connectivity index (χ1v) is 10.4. The lowest BCUT2D eigenvalue weighted by molar-refractivity contribution is 0.391. The number of aromatic nitrogens is 4. The van der Waals surface area contributed by atoms with Gasteiger partial charge in [-0.05, 0) is 49.1 Å². The minimum atomic E-state index is 0.571. The lowest BCUT2D eigenvalue weighted by Crippen LogP contribution is -1.88. The summed E-state index contributed by atoms with van der Waals surface area (Å²) in [6.07, 6.45) is 5.15. The van der Waals surface area contributed by atoms with Crippen molar-refractivity contribution in [1.29, 1.82) is 0 Å². The summed E-state index contributed by atoms with van der Waals surface area (Å²) in [6.45, 7) is 0. The monoisotopic (exact) mass is 400 g/mol. The van der Waals surface area contributed by atoms with Crippen LogP contribution in [-0.2, 0) is 18.6 Å². The third-order valence-electron chi connectivity index (χ3n) is 4.37. The molecule has 3 aromatic heterocycles. The lowest BCUT2D eigenvalue weighted by Gasteiger charge is -2.01. The molecule has 8 heteroatoms. The molecule has 3 heterocycles. The van der Waals surface area contributed by atoms with Crippen LogP contribution in [0, 0.1) is 0 Å². The smallest absolute Gasteiger partial charge is 0.237 e. The topological polar surface area (TPSA) is 64.7 Å². The van der Waals surface area contributed by atoms with E-state index in [1.165, 1.54) is 22.2 Å². The molecule has 1 aliphatic rings. The Morgan fingerprint density at radius 3 is 2.92 bits per heavy atom. The second-order valence-electron chi connectivity index (χ2n) is 6.02. The first-order valence-electron chi connectivity index (χ1n) is 8.24. The van der Waals surface area contributed by atoms with Crippen molar-refractivity contribution in [3.8, 4) is 11.4 Å². The van der Waals surface area contributed by atoms with E-state index in [0.717, 1.165) is 28.3 Å². The van der Waals surface area contributed by atoms with E-state index in [-0.39, 0.29) is 0 Å². The summed E-state index contributed by atoms with van der Waals surface area (Å²) in [5, 5.41) is 6.97. The Morgan fingerprint density at radius 1 is 1.15 bits per heavy atom. The molecule has 26 heavy (non-hydrogen) atoms. The fourth-order valence-corrected chi connectivity index (χ4v) is 5.45. The highest BCUT2D eigenvalue weighted by molar-refractivity contribution is 7.98. The van der Waals surface area contributed by atoms with Gasteiger partial charge in [0.15, 0.2) is 0 Å². The molecule has 0 unspecified atom stereocenters. The highest BCUT2D eigenvalue weighted by atomic mass is 35.5. The van der Waals surface area contributed by atoms with Crippen LogP contribution < -0.4 is 0 Å². The summed E-state index contributed by atoms with van der Waals surface area (Å²) < 4.78 is 5.40. The minimum absolute atomic E-state index is 0.571. The summed E-state index contributed by atoms with van der Waals surface area (Å²) in [4.78, 5) is 16.0. The molecule has 0 N–H and O–H groups in total. The number of fused-ring (bicyclic) bond motifs is 3. The molecule has 5 nitrogen and oxygen atoms in total. The Hall–Kier alpha value is -1.96. The standard InChI is InChI=1S/C18H13ClN4OS2/c19-11-6-4-10(5-7-11)16-22-14(24-23-16)8-25-17-15-12-2-1-3-13(12)26-18(15)21-9-20-17/h4-7,9H,1-3,8H2. The van der Waals surface area contributed by atoms with E-state index in [4.69, 9.17) is 16.1 Å². The third-order valence-corrected chi connectivity index (χ3v) is 6.80. The number of rotatable bonds is 4. The summed E-state index contributed by atoms with van der Waals surface area (Å²) in [6, 6.07) is 7.40. The number of halogens is 1. The van der Waals surface area contributed by atoms with E-state index in [0.29, 0.717) is 22.5 Å². The second kappa shape index (κ2) is 6.64. The highest BCUT2D eigenvalue weighted by Gasteiger charge is 2.21. The fraction of sp³-hybridized carbons (Fsp3) is 0.222. The fourth-order valence-electron chi connectivity index (χ4n) is 3.17. The molecule has 1 aliphatic carbocycles. The van der Waals surface area contributed by atoms with E-state index >= 15 is 0 Å². The Bertz CT molecular complexity index is 1090. The quantitative estimate of drug-likeness (QED) is 0.347.